The van der Waals surface area contributed by atoms with Gasteiger partial charge in [-0.05, 0) is 19.2 Å². The Morgan fingerprint density at radius 2 is 2.14 bits per heavy atom. The number of nitrogens with zero attached hydrogens (tertiary/aromatic N) is 3. The Hall–Kier alpha value is -1.59. The maximum absolute atomic E-state index is 6.05. The van der Waals surface area contributed by atoms with Crippen molar-refractivity contribution in [2.75, 3.05) is 13.6 Å². The normalized spacial score (nSPS) is 13.9. The lowest BCUT2D eigenvalue weighted by molar-refractivity contribution is 0.220. The van der Waals surface area contributed by atoms with E-state index in [1.807, 2.05) is 23.9 Å². The van der Waals surface area contributed by atoms with Gasteiger partial charge in [-0.25, -0.2) is 0 Å². The van der Waals surface area contributed by atoms with Crippen molar-refractivity contribution in [2.24, 2.45) is 12.8 Å². The molecule has 2 aromatic heterocycles. The average molecular weight is 290 g/mol. The van der Waals surface area contributed by atoms with Gasteiger partial charge in [0.05, 0.1) is 24.5 Å². The van der Waals surface area contributed by atoms with Crippen LogP contribution >= 0.6 is 0 Å². The second-order valence-corrected chi connectivity index (χ2v) is 6.60. The lowest BCUT2D eigenvalue weighted by Crippen LogP contribution is -2.31. The fraction of sp³-hybridized carbons (Fsp3) is 0.562. The van der Waals surface area contributed by atoms with Crippen LogP contribution in [0.3, 0.4) is 0 Å². The molecule has 5 nitrogen and oxygen atoms in total. The summed E-state index contributed by atoms with van der Waals surface area (Å²) in [5.74, 6) is 0.942. The zero-order chi connectivity index (χ0) is 15.6. The predicted molar refractivity (Wildman–Crippen MR) is 83.9 cm³/mol. The summed E-state index contributed by atoms with van der Waals surface area (Å²) < 4.78 is 7.31. The van der Waals surface area contributed by atoms with Gasteiger partial charge in [-0.3, -0.25) is 9.58 Å². The first-order valence-electron chi connectivity index (χ1n) is 7.29. The molecule has 0 amide bonds. The zero-order valence-corrected chi connectivity index (χ0v) is 13.6. The SMILES string of the molecule is CN(Cc1ccco1)C(CN)c1cn(C)nc1C(C)(C)C. The Balaban J connectivity index is 2.29. The van der Waals surface area contributed by atoms with Gasteiger partial charge in [0.1, 0.15) is 5.76 Å². The van der Waals surface area contributed by atoms with Crippen LogP contribution in [0, 0.1) is 0 Å². The first-order valence-corrected chi connectivity index (χ1v) is 7.29. The van der Waals surface area contributed by atoms with Crippen LogP contribution < -0.4 is 5.73 Å². The summed E-state index contributed by atoms with van der Waals surface area (Å²) in [6.07, 6.45) is 3.78. The van der Waals surface area contributed by atoms with Gasteiger partial charge in [0.25, 0.3) is 0 Å². The second kappa shape index (κ2) is 6.03. The van der Waals surface area contributed by atoms with Crippen molar-refractivity contribution < 1.29 is 4.42 Å². The summed E-state index contributed by atoms with van der Waals surface area (Å²) in [6, 6.07) is 4.02. The third-order valence-corrected chi connectivity index (χ3v) is 3.67. The maximum Gasteiger partial charge on any atom is 0.117 e. The first-order chi connectivity index (χ1) is 9.82. The number of hydrogen-bond donors (Lipinski definition) is 1. The Bertz CT molecular complexity index is 566. The summed E-state index contributed by atoms with van der Waals surface area (Å²) in [6.45, 7) is 7.82. The van der Waals surface area contributed by atoms with E-state index in [0.29, 0.717) is 6.54 Å². The van der Waals surface area contributed by atoms with Gasteiger partial charge in [-0.1, -0.05) is 20.8 Å². The van der Waals surface area contributed by atoms with Gasteiger partial charge in [0.2, 0.25) is 0 Å². The molecule has 1 atom stereocenters. The number of rotatable bonds is 5. The molecular weight excluding hydrogens is 264 g/mol. The molecule has 0 radical (unpaired) electrons. The average Bonchev–Trinajstić information content (AvgIpc) is 2.99. The van der Waals surface area contributed by atoms with E-state index in [-0.39, 0.29) is 11.5 Å². The van der Waals surface area contributed by atoms with Gasteiger partial charge in [0.15, 0.2) is 0 Å². The molecule has 2 aromatic rings. The number of furan rings is 1. The summed E-state index contributed by atoms with van der Waals surface area (Å²) >= 11 is 0. The molecule has 21 heavy (non-hydrogen) atoms. The van der Waals surface area contributed by atoms with Crippen molar-refractivity contribution in [1.29, 1.82) is 0 Å². The fourth-order valence-corrected chi connectivity index (χ4v) is 2.64. The smallest absolute Gasteiger partial charge is 0.117 e. The quantitative estimate of drug-likeness (QED) is 0.919. The van der Waals surface area contributed by atoms with Gasteiger partial charge in [-0.15, -0.1) is 0 Å². The molecule has 2 rings (SSSR count). The molecule has 0 spiro atoms. The summed E-state index contributed by atoms with van der Waals surface area (Å²) in [4.78, 5) is 2.21. The third-order valence-electron chi connectivity index (χ3n) is 3.67. The molecule has 0 fully saturated rings. The highest BCUT2D eigenvalue weighted by molar-refractivity contribution is 5.28. The molecule has 0 aliphatic heterocycles. The summed E-state index contributed by atoms with van der Waals surface area (Å²) in [5.41, 5.74) is 8.34. The molecule has 0 aromatic carbocycles. The number of likely N-dealkylation sites (N-methyl/N-ethyl adjacent to an activating group) is 1. The van der Waals surface area contributed by atoms with Crippen LogP contribution in [0.15, 0.2) is 29.0 Å². The molecule has 2 N–H and O–H groups in total. The highest BCUT2D eigenvalue weighted by Crippen LogP contribution is 2.31. The zero-order valence-electron chi connectivity index (χ0n) is 13.6. The Kier molecular flexibility index (Phi) is 4.54. The van der Waals surface area contributed by atoms with Gasteiger partial charge in [-0.2, -0.15) is 5.10 Å². The van der Waals surface area contributed by atoms with E-state index in [0.717, 1.165) is 18.0 Å². The number of hydrogen-bond acceptors (Lipinski definition) is 4. The molecule has 1 unspecified atom stereocenters. The largest absolute Gasteiger partial charge is 0.468 e. The Morgan fingerprint density at radius 3 is 2.67 bits per heavy atom. The minimum absolute atomic E-state index is 0.00443. The topological polar surface area (TPSA) is 60.2 Å². The lowest BCUT2D eigenvalue weighted by Gasteiger charge is -2.28. The molecule has 2 heterocycles. The fourth-order valence-electron chi connectivity index (χ4n) is 2.64. The van der Waals surface area contributed by atoms with E-state index in [1.54, 1.807) is 6.26 Å². The number of aryl methyl sites for hydroxylation is 1. The van der Waals surface area contributed by atoms with Crippen LogP contribution in [-0.2, 0) is 19.0 Å². The molecule has 0 aliphatic carbocycles. The van der Waals surface area contributed by atoms with Crippen molar-refractivity contribution in [3.8, 4) is 0 Å². The highest BCUT2D eigenvalue weighted by atomic mass is 16.3. The molecule has 0 saturated carbocycles. The highest BCUT2D eigenvalue weighted by Gasteiger charge is 2.28. The van der Waals surface area contributed by atoms with Crippen LogP contribution in [0.5, 0.6) is 0 Å². The van der Waals surface area contributed by atoms with Crippen LogP contribution in [-0.4, -0.2) is 28.3 Å². The Labute approximate surface area is 126 Å². The van der Waals surface area contributed by atoms with E-state index < -0.39 is 0 Å². The van der Waals surface area contributed by atoms with Crippen LogP contribution in [0.4, 0.5) is 0 Å². The molecule has 0 bridgehead atoms. The predicted octanol–water partition coefficient (Wildman–Crippen LogP) is 2.44. The van der Waals surface area contributed by atoms with Crippen LogP contribution in [0.25, 0.3) is 0 Å². The van der Waals surface area contributed by atoms with E-state index >= 15 is 0 Å². The molecule has 0 saturated heterocycles. The molecule has 116 valence electrons. The van der Waals surface area contributed by atoms with Gasteiger partial charge >= 0.3 is 0 Å². The number of aromatic nitrogens is 2. The molecule has 5 heteroatoms. The second-order valence-electron chi connectivity index (χ2n) is 6.60. The van der Waals surface area contributed by atoms with Crippen molar-refractivity contribution in [2.45, 2.75) is 38.8 Å². The summed E-state index contributed by atoms with van der Waals surface area (Å²) in [5, 5.41) is 4.64. The van der Waals surface area contributed by atoms with Gasteiger partial charge in [0, 0.05) is 30.8 Å². The van der Waals surface area contributed by atoms with E-state index in [4.69, 9.17) is 10.2 Å². The summed E-state index contributed by atoms with van der Waals surface area (Å²) in [7, 11) is 4.03. The maximum atomic E-state index is 6.05. The van der Waals surface area contributed by atoms with Crippen LogP contribution in [0.1, 0.15) is 43.8 Å². The minimum atomic E-state index is -0.00443. The van der Waals surface area contributed by atoms with E-state index in [9.17, 15) is 0 Å². The first kappa shape index (κ1) is 15.8. The Morgan fingerprint density at radius 1 is 1.43 bits per heavy atom. The van der Waals surface area contributed by atoms with Crippen LogP contribution in [0.2, 0.25) is 0 Å². The lowest BCUT2D eigenvalue weighted by atomic mass is 9.87. The van der Waals surface area contributed by atoms with Crippen molar-refractivity contribution in [3.63, 3.8) is 0 Å². The molecule has 0 aliphatic rings. The third kappa shape index (κ3) is 3.54. The number of nitrogens with two attached hydrogens (primary N) is 1. The minimum Gasteiger partial charge on any atom is -0.468 e. The molecular formula is C16H26N4O. The van der Waals surface area contributed by atoms with Crippen molar-refractivity contribution in [1.82, 2.24) is 14.7 Å². The van der Waals surface area contributed by atoms with Gasteiger partial charge < -0.3 is 10.2 Å². The monoisotopic (exact) mass is 290 g/mol. The standard InChI is InChI=1S/C16H26N4O/c1-16(2,3)15-13(11-20(5)18-15)14(9-17)19(4)10-12-7-6-8-21-12/h6-8,11,14H,9-10,17H2,1-5H3. The van der Waals surface area contributed by atoms with Crippen molar-refractivity contribution >= 4 is 0 Å². The van der Waals surface area contributed by atoms with Crippen molar-refractivity contribution in [3.05, 3.63) is 41.6 Å². The van der Waals surface area contributed by atoms with E-state index in [2.05, 4.69) is 44.0 Å². The van der Waals surface area contributed by atoms with E-state index in [1.165, 1.54) is 5.56 Å².